The molecule has 4 aliphatic rings. The van der Waals surface area contributed by atoms with Gasteiger partial charge in [0.05, 0.1) is 0 Å². The van der Waals surface area contributed by atoms with Gasteiger partial charge in [0.1, 0.15) is 11.3 Å². The van der Waals surface area contributed by atoms with Crippen LogP contribution in [-0.4, -0.2) is 0 Å². The number of rotatable bonds is 5. The largest absolute Gasteiger partial charge is 0.460 e. The average molecular weight is 557 g/mol. The molecule has 0 fully saturated rings. The van der Waals surface area contributed by atoms with Crippen molar-refractivity contribution in [3.8, 4) is 22.3 Å². The third-order valence-electron chi connectivity index (χ3n) is 9.43. The molecule has 0 amide bonds. The van der Waals surface area contributed by atoms with Gasteiger partial charge in [0.25, 0.3) is 0 Å². The lowest BCUT2D eigenvalue weighted by atomic mass is 9.81. The van der Waals surface area contributed by atoms with Crippen LogP contribution in [0, 0.1) is 5.92 Å². The number of fused-ring (bicyclic) bond motifs is 3. The van der Waals surface area contributed by atoms with E-state index in [1.807, 2.05) is 0 Å². The summed E-state index contributed by atoms with van der Waals surface area (Å²) in [6.07, 6.45) is 32.3. The molecule has 1 heterocycles. The molecule has 4 aromatic rings. The van der Waals surface area contributed by atoms with Crippen LogP contribution < -0.4 is 0 Å². The average Bonchev–Trinajstić information content (AvgIpc) is 3.48. The Labute approximate surface area is 254 Å². The molecule has 0 radical (unpaired) electrons. The van der Waals surface area contributed by atoms with Crippen molar-refractivity contribution in [1.29, 1.82) is 0 Å². The highest BCUT2D eigenvalue weighted by Gasteiger charge is 2.20. The SMILES string of the molecule is C1=CC(C2=CCC(C3=C[C@H](c4cccc(-c5cccc(-c6cccc7c8c(oc67)CCC=C8)c5)c4)CC=C3)C=C2)=CCC1. The van der Waals surface area contributed by atoms with Crippen molar-refractivity contribution in [2.24, 2.45) is 5.92 Å². The molecule has 0 saturated heterocycles. The molecule has 43 heavy (non-hydrogen) atoms. The van der Waals surface area contributed by atoms with Gasteiger partial charge in [0.2, 0.25) is 0 Å². The van der Waals surface area contributed by atoms with Crippen LogP contribution >= 0.6 is 0 Å². The Hall–Kier alpha value is -4.62. The minimum atomic E-state index is 0.391. The molecule has 0 spiro atoms. The Bertz CT molecular complexity index is 1930. The van der Waals surface area contributed by atoms with Crippen molar-refractivity contribution < 1.29 is 4.42 Å². The van der Waals surface area contributed by atoms with Gasteiger partial charge >= 0.3 is 0 Å². The maximum Gasteiger partial charge on any atom is 0.142 e. The number of furan rings is 1. The van der Waals surface area contributed by atoms with Gasteiger partial charge in [-0.2, -0.15) is 0 Å². The molecule has 1 aromatic heterocycles. The number of allylic oxidation sites excluding steroid dienone is 13. The summed E-state index contributed by atoms with van der Waals surface area (Å²) in [4.78, 5) is 0. The van der Waals surface area contributed by atoms with Gasteiger partial charge in [-0.25, -0.2) is 0 Å². The molecule has 0 saturated carbocycles. The maximum atomic E-state index is 6.44. The van der Waals surface area contributed by atoms with E-state index < -0.39 is 0 Å². The number of para-hydroxylation sites is 1. The fourth-order valence-electron chi connectivity index (χ4n) is 7.11. The van der Waals surface area contributed by atoms with Crippen LogP contribution in [0.2, 0.25) is 0 Å². The molecular weight excluding hydrogens is 520 g/mol. The predicted octanol–water partition coefficient (Wildman–Crippen LogP) is 11.5. The number of hydrogen-bond acceptors (Lipinski definition) is 1. The second-order valence-electron chi connectivity index (χ2n) is 12.2. The number of hydrogen-bond donors (Lipinski definition) is 0. The lowest BCUT2D eigenvalue weighted by Crippen LogP contribution is -2.08. The summed E-state index contributed by atoms with van der Waals surface area (Å²) in [5.74, 6) is 1.95. The molecule has 210 valence electrons. The molecular formula is C42H36O. The van der Waals surface area contributed by atoms with Gasteiger partial charge in [-0.3, -0.25) is 0 Å². The summed E-state index contributed by atoms with van der Waals surface area (Å²) in [7, 11) is 0. The minimum absolute atomic E-state index is 0.391. The van der Waals surface area contributed by atoms with E-state index in [0.717, 1.165) is 55.4 Å². The van der Waals surface area contributed by atoms with Crippen molar-refractivity contribution in [3.05, 3.63) is 161 Å². The van der Waals surface area contributed by atoms with Gasteiger partial charge in [0.15, 0.2) is 0 Å². The van der Waals surface area contributed by atoms with Crippen molar-refractivity contribution in [3.63, 3.8) is 0 Å². The van der Waals surface area contributed by atoms with E-state index in [1.54, 1.807) is 0 Å². The van der Waals surface area contributed by atoms with Crippen LogP contribution in [0.1, 0.15) is 54.9 Å². The fourth-order valence-corrected chi connectivity index (χ4v) is 7.11. The molecule has 8 rings (SSSR count). The molecule has 1 nitrogen and oxygen atoms in total. The van der Waals surface area contributed by atoms with E-state index in [0.29, 0.717) is 11.8 Å². The highest BCUT2D eigenvalue weighted by molar-refractivity contribution is 5.98. The first kappa shape index (κ1) is 26.0. The van der Waals surface area contributed by atoms with Crippen molar-refractivity contribution in [1.82, 2.24) is 0 Å². The maximum absolute atomic E-state index is 6.44. The number of aryl methyl sites for hydroxylation is 1. The van der Waals surface area contributed by atoms with Gasteiger partial charge in [-0.1, -0.05) is 127 Å². The van der Waals surface area contributed by atoms with Gasteiger partial charge in [-0.05, 0) is 77.1 Å². The van der Waals surface area contributed by atoms with Gasteiger partial charge < -0.3 is 4.42 Å². The van der Waals surface area contributed by atoms with Gasteiger partial charge in [-0.15, -0.1) is 0 Å². The molecule has 0 aliphatic heterocycles. The van der Waals surface area contributed by atoms with Crippen LogP contribution in [-0.2, 0) is 6.42 Å². The first-order valence-electron chi connectivity index (χ1n) is 15.9. The lowest BCUT2D eigenvalue weighted by molar-refractivity contribution is 0.547. The third kappa shape index (κ3) is 5.04. The van der Waals surface area contributed by atoms with Crippen LogP contribution in [0.5, 0.6) is 0 Å². The third-order valence-corrected chi connectivity index (χ3v) is 9.43. The fraction of sp³-hybridized carbons (Fsp3) is 0.190. The first-order valence-corrected chi connectivity index (χ1v) is 15.9. The monoisotopic (exact) mass is 556 g/mol. The predicted molar refractivity (Wildman–Crippen MR) is 181 cm³/mol. The smallest absolute Gasteiger partial charge is 0.142 e. The van der Waals surface area contributed by atoms with Crippen LogP contribution in [0.15, 0.2) is 149 Å². The molecule has 0 bridgehead atoms. The zero-order valence-electron chi connectivity index (χ0n) is 24.5. The molecule has 0 N–H and O–H groups in total. The van der Waals surface area contributed by atoms with Gasteiger partial charge in [0, 0.05) is 34.8 Å². The summed E-state index contributed by atoms with van der Waals surface area (Å²) in [5, 5.41) is 1.21. The van der Waals surface area contributed by atoms with E-state index in [9.17, 15) is 0 Å². The Morgan fingerprint density at radius 2 is 1.47 bits per heavy atom. The van der Waals surface area contributed by atoms with E-state index in [2.05, 4.69) is 134 Å². The van der Waals surface area contributed by atoms with E-state index >= 15 is 0 Å². The quantitative estimate of drug-likeness (QED) is 0.238. The second-order valence-corrected chi connectivity index (χ2v) is 12.2. The highest BCUT2D eigenvalue weighted by atomic mass is 16.3. The van der Waals surface area contributed by atoms with E-state index in [4.69, 9.17) is 4.42 Å². The summed E-state index contributed by atoms with van der Waals surface area (Å²) < 4.78 is 6.44. The summed E-state index contributed by atoms with van der Waals surface area (Å²) >= 11 is 0. The molecule has 3 aromatic carbocycles. The topological polar surface area (TPSA) is 13.1 Å². The van der Waals surface area contributed by atoms with Crippen molar-refractivity contribution >= 4 is 17.0 Å². The zero-order chi connectivity index (χ0) is 28.6. The normalized spacial score (nSPS) is 21.0. The Morgan fingerprint density at radius 1 is 0.628 bits per heavy atom. The zero-order valence-corrected chi connectivity index (χ0v) is 24.5. The first-order chi connectivity index (χ1) is 21.3. The van der Waals surface area contributed by atoms with E-state index in [-0.39, 0.29) is 0 Å². The molecule has 4 aliphatic carbocycles. The van der Waals surface area contributed by atoms with E-state index in [1.165, 1.54) is 49.9 Å². The molecule has 1 heteroatoms. The number of benzene rings is 3. The minimum Gasteiger partial charge on any atom is -0.460 e. The van der Waals surface area contributed by atoms with Crippen LogP contribution in [0.3, 0.4) is 0 Å². The summed E-state index contributed by atoms with van der Waals surface area (Å²) in [6, 6.07) is 24.6. The molecule has 2 atom stereocenters. The van der Waals surface area contributed by atoms with Crippen molar-refractivity contribution in [2.75, 3.05) is 0 Å². The Morgan fingerprint density at radius 3 is 2.35 bits per heavy atom. The molecule has 1 unspecified atom stereocenters. The highest BCUT2D eigenvalue weighted by Crippen LogP contribution is 2.39. The van der Waals surface area contributed by atoms with Crippen LogP contribution in [0.25, 0.3) is 39.3 Å². The lowest BCUT2D eigenvalue weighted by Gasteiger charge is -2.24. The Balaban J connectivity index is 1.06. The summed E-state index contributed by atoms with van der Waals surface area (Å²) in [6.45, 7) is 0. The van der Waals surface area contributed by atoms with Crippen LogP contribution in [0.4, 0.5) is 0 Å². The summed E-state index contributed by atoms with van der Waals surface area (Å²) in [5.41, 5.74) is 12.7. The Kier molecular flexibility index (Phi) is 6.80. The van der Waals surface area contributed by atoms with Crippen molar-refractivity contribution in [2.45, 2.75) is 44.4 Å². The standard InChI is InChI=1S/C42H36O/c1-2-10-29(11-3-1)30-22-24-31(25-23-30)32-12-6-13-33(26-32)34-14-7-15-35(27-34)36-16-8-17-37(28-36)38-19-9-20-40-39-18-4-5-21-41(39)43-42(38)40/h2,4,6-12,14-20,22-24,26-28,31,33H,1,3,5,13,21,25H2/t31?,33-/m1/s1. The second kappa shape index (κ2) is 11.2.